The van der Waals surface area contributed by atoms with Crippen molar-refractivity contribution < 1.29 is 38.2 Å². The quantitative estimate of drug-likeness (QED) is 0.165. The first-order valence-electron chi connectivity index (χ1n) is 14.2. The fourth-order valence-corrected chi connectivity index (χ4v) is 4.33. The fourth-order valence-electron chi connectivity index (χ4n) is 4.33. The Morgan fingerprint density at radius 3 is 2.05 bits per heavy atom. The van der Waals surface area contributed by atoms with Gasteiger partial charge in [0.15, 0.2) is 6.10 Å². The van der Waals surface area contributed by atoms with Crippen molar-refractivity contribution in [3.05, 3.63) is 71.8 Å². The van der Waals surface area contributed by atoms with Gasteiger partial charge in [0.25, 0.3) is 5.91 Å². The summed E-state index contributed by atoms with van der Waals surface area (Å²) >= 11 is 0. The van der Waals surface area contributed by atoms with Crippen LogP contribution < -0.4 is 16.0 Å². The number of carbonyl (C=O) groups excluding carboxylic acids is 5. The lowest BCUT2D eigenvalue weighted by Crippen LogP contribution is -2.56. The van der Waals surface area contributed by atoms with Gasteiger partial charge in [0.1, 0.15) is 31.2 Å². The largest absolute Gasteiger partial charge is 0.459 e. The molecule has 1 fully saturated rings. The minimum absolute atomic E-state index is 0.0203. The summed E-state index contributed by atoms with van der Waals surface area (Å²) in [6.45, 7) is 5.57. The molecule has 5 atom stereocenters. The Morgan fingerprint density at radius 1 is 0.881 bits per heavy atom. The van der Waals surface area contributed by atoms with Crippen LogP contribution in [0.5, 0.6) is 0 Å². The summed E-state index contributed by atoms with van der Waals surface area (Å²) in [6.07, 6.45) is -0.377. The highest BCUT2D eigenvalue weighted by molar-refractivity contribution is 5.94. The minimum atomic E-state index is -1.03. The van der Waals surface area contributed by atoms with Gasteiger partial charge in [0, 0.05) is 6.54 Å². The molecular weight excluding hydrogens is 542 g/mol. The summed E-state index contributed by atoms with van der Waals surface area (Å²) < 4.78 is 15.7. The molecule has 1 aliphatic rings. The summed E-state index contributed by atoms with van der Waals surface area (Å²) in [5.74, 6) is -2.47. The van der Waals surface area contributed by atoms with Crippen LogP contribution in [0.1, 0.15) is 51.2 Å². The van der Waals surface area contributed by atoms with Crippen LogP contribution in [0.3, 0.4) is 0 Å². The van der Waals surface area contributed by atoms with E-state index in [0.717, 1.165) is 17.5 Å². The molecule has 42 heavy (non-hydrogen) atoms. The first-order valence-corrected chi connectivity index (χ1v) is 14.2. The molecule has 0 aromatic heterocycles. The van der Waals surface area contributed by atoms with Gasteiger partial charge >= 0.3 is 18.0 Å². The Kier molecular flexibility index (Phi) is 12.3. The van der Waals surface area contributed by atoms with E-state index in [1.165, 1.54) is 6.92 Å². The zero-order valence-corrected chi connectivity index (χ0v) is 24.2. The van der Waals surface area contributed by atoms with Crippen molar-refractivity contribution in [3.63, 3.8) is 0 Å². The molecule has 0 saturated carbocycles. The van der Waals surface area contributed by atoms with Gasteiger partial charge in [-0.2, -0.15) is 0 Å². The maximum atomic E-state index is 12.9. The molecule has 11 nitrogen and oxygen atoms in total. The number of alkyl carbamates (subject to hydrolysis) is 1. The summed E-state index contributed by atoms with van der Waals surface area (Å²) in [4.78, 5) is 62.4. The van der Waals surface area contributed by atoms with E-state index in [1.807, 2.05) is 62.4 Å². The molecule has 0 radical (unpaired) electrons. The fraction of sp³-hybridized carbons (Fsp3) is 0.452. The highest BCUT2D eigenvalue weighted by Gasteiger charge is 2.49. The number of esters is 2. The third-order valence-electron chi connectivity index (χ3n) is 7.09. The second-order valence-electron chi connectivity index (χ2n) is 10.3. The number of ether oxygens (including phenoxy) is 3. The Hall–Kier alpha value is -4.41. The summed E-state index contributed by atoms with van der Waals surface area (Å²) in [7, 11) is 0. The van der Waals surface area contributed by atoms with Crippen LogP contribution in [-0.2, 0) is 46.6 Å². The van der Waals surface area contributed by atoms with Crippen LogP contribution in [0, 0.1) is 11.8 Å². The number of carbonyl (C=O) groups is 5. The average molecular weight is 582 g/mol. The van der Waals surface area contributed by atoms with E-state index < -0.39 is 42.1 Å². The van der Waals surface area contributed by atoms with Crippen molar-refractivity contribution in [2.24, 2.45) is 11.8 Å². The Balaban J connectivity index is 1.51. The van der Waals surface area contributed by atoms with Gasteiger partial charge in [-0.05, 0) is 36.8 Å². The molecule has 3 N–H and O–H groups in total. The maximum absolute atomic E-state index is 12.9. The molecule has 1 saturated heterocycles. The maximum Gasteiger partial charge on any atom is 0.408 e. The van der Waals surface area contributed by atoms with Gasteiger partial charge in [0.05, 0.1) is 0 Å². The van der Waals surface area contributed by atoms with Gasteiger partial charge in [-0.1, -0.05) is 80.9 Å². The number of hydrogen-bond acceptors (Lipinski definition) is 8. The Labute approximate surface area is 245 Å². The van der Waals surface area contributed by atoms with Gasteiger partial charge in [-0.25, -0.2) is 9.59 Å². The van der Waals surface area contributed by atoms with Crippen LogP contribution in [0.15, 0.2) is 60.7 Å². The van der Waals surface area contributed by atoms with E-state index in [1.54, 1.807) is 12.1 Å². The smallest absolute Gasteiger partial charge is 0.408 e. The molecule has 226 valence electrons. The molecule has 3 amide bonds. The zero-order valence-electron chi connectivity index (χ0n) is 24.2. The van der Waals surface area contributed by atoms with Crippen molar-refractivity contribution in [2.75, 3.05) is 6.54 Å². The van der Waals surface area contributed by atoms with Gasteiger partial charge in [-0.15, -0.1) is 0 Å². The molecule has 1 heterocycles. The van der Waals surface area contributed by atoms with Crippen LogP contribution in [0.25, 0.3) is 0 Å². The lowest BCUT2D eigenvalue weighted by atomic mass is 9.83. The molecule has 0 spiro atoms. The van der Waals surface area contributed by atoms with E-state index in [4.69, 9.17) is 14.2 Å². The number of rotatable bonds is 15. The minimum Gasteiger partial charge on any atom is -0.459 e. The van der Waals surface area contributed by atoms with E-state index in [9.17, 15) is 24.0 Å². The SMILES string of the molecule is CC[C@H](C)[C@H]1C(=O)O[C@@H]1C(=O)NCCC[C@H](NC(=O)[C@H](C)NC(=O)OCc1ccccc1)C(=O)OCc1ccccc1. The number of cyclic esters (lactones) is 1. The Morgan fingerprint density at radius 2 is 1.48 bits per heavy atom. The molecule has 0 aliphatic carbocycles. The number of benzene rings is 2. The summed E-state index contributed by atoms with van der Waals surface area (Å²) in [5, 5.41) is 7.83. The molecule has 1 aliphatic heterocycles. The van der Waals surface area contributed by atoms with E-state index in [2.05, 4.69) is 16.0 Å². The summed E-state index contributed by atoms with van der Waals surface area (Å²) in [6, 6.07) is 16.2. The van der Waals surface area contributed by atoms with Gasteiger partial charge < -0.3 is 30.2 Å². The van der Waals surface area contributed by atoms with Crippen LogP contribution >= 0.6 is 0 Å². The molecule has 2 aromatic carbocycles. The predicted octanol–water partition coefficient (Wildman–Crippen LogP) is 3.01. The van der Waals surface area contributed by atoms with Crippen LogP contribution in [0.2, 0.25) is 0 Å². The predicted molar refractivity (Wildman–Crippen MR) is 152 cm³/mol. The molecular formula is C31H39N3O8. The third-order valence-corrected chi connectivity index (χ3v) is 7.09. The number of amides is 3. The average Bonchev–Trinajstić information content (AvgIpc) is 2.99. The second kappa shape index (κ2) is 16.1. The monoisotopic (exact) mass is 581 g/mol. The number of nitrogens with one attached hydrogen (secondary N) is 3. The van der Waals surface area contributed by atoms with Crippen molar-refractivity contribution >= 4 is 29.8 Å². The molecule has 3 rings (SSSR count). The topological polar surface area (TPSA) is 149 Å². The van der Waals surface area contributed by atoms with Crippen LogP contribution in [0.4, 0.5) is 4.79 Å². The standard InChI is InChI=1S/C31H39N3O8/c1-4-20(2)25-26(42-30(25)38)28(36)32-17-11-16-24(29(37)40-18-22-12-7-5-8-13-22)34-27(35)21(3)33-31(39)41-19-23-14-9-6-10-15-23/h5-10,12-15,20-21,24-26H,4,11,16-19H2,1-3H3,(H,32,36)(H,33,39)(H,34,35)/t20-,21-,24-,25+,26-/m0/s1. The van der Waals surface area contributed by atoms with Crippen LogP contribution in [-0.4, -0.2) is 54.6 Å². The second-order valence-corrected chi connectivity index (χ2v) is 10.3. The molecule has 11 heteroatoms. The molecule has 0 unspecified atom stereocenters. The highest BCUT2D eigenvalue weighted by atomic mass is 16.6. The van der Waals surface area contributed by atoms with Crippen molar-refractivity contribution in [2.45, 2.75) is 71.4 Å². The normalized spacial score (nSPS) is 17.8. The van der Waals surface area contributed by atoms with E-state index in [-0.39, 0.29) is 44.0 Å². The van der Waals surface area contributed by atoms with Gasteiger partial charge in [0.2, 0.25) is 5.91 Å². The molecule has 0 bridgehead atoms. The first-order chi connectivity index (χ1) is 20.2. The van der Waals surface area contributed by atoms with E-state index in [0.29, 0.717) is 6.42 Å². The Bertz CT molecular complexity index is 1210. The van der Waals surface area contributed by atoms with Crippen molar-refractivity contribution in [1.82, 2.24) is 16.0 Å². The zero-order chi connectivity index (χ0) is 30.5. The molecule has 2 aromatic rings. The van der Waals surface area contributed by atoms with Gasteiger partial charge in [-0.3, -0.25) is 14.4 Å². The van der Waals surface area contributed by atoms with Crippen molar-refractivity contribution in [3.8, 4) is 0 Å². The summed E-state index contributed by atoms with van der Waals surface area (Å²) in [5.41, 5.74) is 1.58. The third kappa shape index (κ3) is 9.60. The highest BCUT2D eigenvalue weighted by Crippen LogP contribution is 2.31. The van der Waals surface area contributed by atoms with E-state index >= 15 is 0 Å². The number of hydrogen-bond donors (Lipinski definition) is 3. The lowest BCUT2D eigenvalue weighted by Gasteiger charge is -2.37. The lowest BCUT2D eigenvalue weighted by molar-refractivity contribution is -0.193. The first kappa shape index (κ1) is 32.1. The van der Waals surface area contributed by atoms with Crippen molar-refractivity contribution in [1.29, 1.82) is 0 Å².